The lowest BCUT2D eigenvalue weighted by Crippen LogP contribution is -2.34. The van der Waals surface area contributed by atoms with Gasteiger partial charge in [-0.2, -0.15) is 5.26 Å². The molecule has 0 aliphatic rings. The first kappa shape index (κ1) is 16.4. The fourth-order valence-corrected chi connectivity index (χ4v) is 1.97. The van der Waals surface area contributed by atoms with Gasteiger partial charge in [0.05, 0.1) is 30.1 Å². The topological polar surface area (TPSA) is 115 Å². The maximum Gasteiger partial charge on any atom is 0.307 e. The Morgan fingerprint density at radius 1 is 1.52 bits per heavy atom. The molecule has 0 radical (unpaired) electrons. The van der Waals surface area contributed by atoms with Crippen LogP contribution in [0.15, 0.2) is 18.2 Å². The number of hydrogen-bond acceptors (Lipinski definition) is 7. The summed E-state index contributed by atoms with van der Waals surface area (Å²) in [4.78, 5) is 16.1. The van der Waals surface area contributed by atoms with Gasteiger partial charge in [0, 0.05) is 12.6 Å². The number of hydrogen-bond donors (Lipinski definition) is 1. The number of carbonyl (C=O) groups is 1. The van der Waals surface area contributed by atoms with Gasteiger partial charge >= 0.3 is 5.97 Å². The molecule has 0 unspecified atom stereocenters. The van der Waals surface area contributed by atoms with Crippen LogP contribution in [0.2, 0.25) is 0 Å². The predicted octanol–water partition coefficient (Wildman–Crippen LogP) is 1.08. The van der Waals surface area contributed by atoms with Gasteiger partial charge in [-0.1, -0.05) is 6.07 Å². The highest BCUT2D eigenvalue weighted by Crippen LogP contribution is 2.12. The summed E-state index contributed by atoms with van der Waals surface area (Å²) in [7, 11) is 0. The van der Waals surface area contributed by atoms with E-state index in [0.29, 0.717) is 15.9 Å². The summed E-state index contributed by atoms with van der Waals surface area (Å²) in [5.41, 5.74) is 1.48. The van der Waals surface area contributed by atoms with Gasteiger partial charge in [0.1, 0.15) is 5.52 Å². The van der Waals surface area contributed by atoms with Crippen molar-refractivity contribution >= 4 is 23.0 Å². The maximum absolute atomic E-state index is 11.9. The van der Waals surface area contributed by atoms with Crippen LogP contribution in [0.25, 0.3) is 11.0 Å². The van der Waals surface area contributed by atoms with E-state index < -0.39 is 0 Å². The zero-order valence-electron chi connectivity index (χ0n) is 12.9. The summed E-state index contributed by atoms with van der Waals surface area (Å²) < 4.78 is 5.01. The highest BCUT2D eigenvalue weighted by atomic mass is 16.5. The van der Waals surface area contributed by atoms with Crippen molar-refractivity contribution in [1.82, 2.24) is 10.1 Å². The zero-order chi connectivity index (χ0) is 16.8. The van der Waals surface area contributed by atoms with E-state index in [4.69, 9.17) is 10.00 Å². The van der Waals surface area contributed by atoms with Crippen LogP contribution in [0.3, 0.4) is 0 Å². The van der Waals surface area contributed by atoms with E-state index in [2.05, 4.69) is 15.4 Å². The van der Waals surface area contributed by atoms with Crippen molar-refractivity contribution in [3.05, 3.63) is 29.0 Å². The van der Waals surface area contributed by atoms with E-state index in [9.17, 15) is 10.0 Å². The average molecular weight is 315 g/mol. The molecule has 0 amide bonds. The Morgan fingerprint density at radius 2 is 2.30 bits per heavy atom. The number of nitrogens with one attached hydrogen (secondary N) is 1. The minimum atomic E-state index is -0.329. The second-order valence-electron chi connectivity index (χ2n) is 5.18. The number of anilines is 1. The molecule has 0 saturated carbocycles. The van der Waals surface area contributed by atoms with Gasteiger partial charge in [-0.05, 0) is 30.3 Å². The van der Waals surface area contributed by atoms with Crippen LogP contribution in [-0.4, -0.2) is 28.7 Å². The van der Waals surface area contributed by atoms with Crippen LogP contribution in [0.5, 0.6) is 0 Å². The number of aromatic nitrogens is 3. The van der Waals surface area contributed by atoms with E-state index >= 15 is 0 Å². The lowest BCUT2D eigenvalue weighted by molar-refractivity contribution is -0.641. The number of esters is 1. The van der Waals surface area contributed by atoms with Gasteiger partial charge in [0.15, 0.2) is 0 Å². The number of ether oxygens (including phenoxy) is 1. The molecule has 0 spiro atoms. The molecule has 8 heteroatoms. The van der Waals surface area contributed by atoms with Gasteiger partial charge in [-0.25, -0.2) is 4.98 Å². The molecule has 1 heterocycles. The summed E-state index contributed by atoms with van der Waals surface area (Å²) in [5.74, 6) is -0.192. The summed E-state index contributed by atoms with van der Waals surface area (Å²) >= 11 is 0. The van der Waals surface area contributed by atoms with Crippen molar-refractivity contribution in [3.8, 4) is 6.07 Å². The van der Waals surface area contributed by atoms with E-state index in [1.54, 1.807) is 32.0 Å². The first-order valence-corrected chi connectivity index (χ1v) is 7.20. The molecule has 0 bridgehead atoms. The van der Waals surface area contributed by atoms with Gasteiger partial charge < -0.3 is 15.3 Å². The molecular weight excluding hydrogens is 298 g/mol. The number of nitrogens with zero attached hydrogens (tertiary/aromatic N) is 4. The quantitative estimate of drug-likeness (QED) is 0.482. The number of nitriles is 1. The van der Waals surface area contributed by atoms with Crippen LogP contribution >= 0.6 is 0 Å². The highest BCUT2D eigenvalue weighted by molar-refractivity contribution is 5.73. The molecule has 0 atom stereocenters. The Bertz CT molecular complexity index is 755. The molecule has 0 aliphatic carbocycles. The number of carbonyl (C=O) groups excluding carboxylic acids is 1. The van der Waals surface area contributed by atoms with Crippen molar-refractivity contribution in [2.45, 2.75) is 32.8 Å². The Hall–Kier alpha value is -2.95. The van der Waals surface area contributed by atoms with Gasteiger partial charge in [-0.3, -0.25) is 4.79 Å². The fourth-order valence-electron chi connectivity index (χ4n) is 1.97. The van der Waals surface area contributed by atoms with E-state index in [1.807, 2.05) is 6.07 Å². The Kier molecular flexibility index (Phi) is 5.25. The van der Waals surface area contributed by atoms with E-state index in [0.717, 1.165) is 5.56 Å². The van der Waals surface area contributed by atoms with Crippen molar-refractivity contribution in [3.63, 3.8) is 0 Å². The molecule has 8 nitrogen and oxygen atoms in total. The summed E-state index contributed by atoms with van der Waals surface area (Å²) in [6.07, 6.45) is 0.207. The van der Waals surface area contributed by atoms with Crippen molar-refractivity contribution in [2.75, 3.05) is 11.9 Å². The molecule has 1 aromatic heterocycles. The Balaban J connectivity index is 2.07. The first-order chi connectivity index (χ1) is 11.0. The van der Waals surface area contributed by atoms with Crippen LogP contribution in [-0.2, 0) is 16.0 Å². The third-order valence-electron chi connectivity index (χ3n) is 2.92. The molecule has 1 aromatic carbocycles. The molecule has 2 rings (SSSR count). The van der Waals surface area contributed by atoms with Crippen LogP contribution in [0.1, 0.15) is 25.8 Å². The normalized spacial score (nSPS) is 10.5. The van der Waals surface area contributed by atoms with Crippen molar-refractivity contribution < 1.29 is 14.4 Å². The van der Waals surface area contributed by atoms with E-state index in [-0.39, 0.29) is 37.4 Å². The lowest BCUT2D eigenvalue weighted by atomic mass is 10.1. The zero-order valence-corrected chi connectivity index (χ0v) is 12.9. The molecule has 0 fully saturated rings. The van der Waals surface area contributed by atoms with Gasteiger partial charge in [0.2, 0.25) is 0 Å². The van der Waals surface area contributed by atoms with Crippen LogP contribution in [0.4, 0.5) is 5.95 Å². The molecular formula is C15H17N5O3. The van der Waals surface area contributed by atoms with Crippen molar-refractivity contribution in [2.24, 2.45) is 0 Å². The summed E-state index contributed by atoms with van der Waals surface area (Å²) in [5, 5.41) is 27.2. The third-order valence-corrected chi connectivity index (χ3v) is 2.92. The average Bonchev–Trinajstić information content (AvgIpc) is 2.47. The fraction of sp³-hybridized carbons (Fsp3) is 0.400. The maximum atomic E-state index is 11.9. The van der Waals surface area contributed by atoms with Crippen molar-refractivity contribution in [1.29, 1.82) is 5.26 Å². The van der Waals surface area contributed by atoms with E-state index in [1.165, 1.54) is 0 Å². The number of rotatable bonds is 6. The molecule has 2 aromatic rings. The first-order valence-electron chi connectivity index (χ1n) is 7.20. The smallest absolute Gasteiger partial charge is 0.307 e. The second-order valence-corrected chi connectivity index (χ2v) is 5.18. The summed E-state index contributed by atoms with van der Waals surface area (Å²) in [6, 6.07) is 7.02. The summed E-state index contributed by atoms with van der Waals surface area (Å²) in [6.45, 7) is 3.82. The monoisotopic (exact) mass is 315 g/mol. The largest absolute Gasteiger partial charge is 0.594 e. The third kappa shape index (κ3) is 4.51. The Morgan fingerprint density at radius 3 is 3.00 bits per heavy atom. The van der Waals surface area contributed by atoms with Crippen LogP contribution < -0.4 is 10.2 Å². The minimum Gasteiger partial charge on any atom is -0.594 e. The molecule has 1 N–H and O–H groups in total. The van der Waals surface area contributed by atoms with Gasteiger partial charge in [0.25, 0.3) is 11.5 Å². The predicted molar refractivity (Wildman–Crippen MR) is 82.1 cm³/mol. The second kappa shape index (κ2) is 7.35. The molecule has 0 saturated heterocycles. The minimum absolute atomic E-state index is 0.137. The number of fused-ring (bicyclic) bond motifs is 1. The lowest BCUT2D eigenvalue weighted by Gasteiger charge is -2.08. The number of benzene rings is 1. The molecule has 0 aliphatic heterocycles. The highest BCUT2D eigenvalue weighted by Gasteiger charge is 2.12. The van der Waals surface area contributed by atoms with Gasteiger partial charge in [-0.15, -0.1) is 0 Å². The molecule has 23 heavy (non-hydrogen) atoms. The van der Waals surface area contributed by atoms with Crippen LogP contribution in [0, 0.1) is 16.5 Å². The SMILES string of the molecule is CC(C)OC(=O)CCNc1nc2ccc(CC#N)cc2[n+]([O-])n1. The standard InChI is InChI=1S/C15H17N5O3/c1-10(2)23-14(21)6-8-17-15-18-12-4-3-11(5-7-16)9-13(12)20(22)19-15/h3-4,9-10H,5-6,8H2,1-2H3,(H,17,18,19). The molecule has 120 valence electrons. The Labute approximate surface area is 133 Å².